The Balaban J connectivity index is 2.36. The van der Waals surface area contributed by atoms with E-state index in [1.165, 1.54) is 23.5 Å². The van der Waals surface area contributed by atoms with Crippen LogP contribution in [0.1, 0.15) is 31.8 Å². The molecule has 0 aliphatic carbocycles. The Labute approximate surface area is 115 Å². The average molecular weight is 282 g/mol. The Bertz CT molecular complexity index is 567. The smallest absolute Gasteiger partial charge is 0.126 e. The number of hydrogen-bond donors (Lipinski definition) is 1. The molecule has 0 aliphatic rings. The highest BCUT2D eigenvalue weighted by Gasteiger charge is 2.25. The van der Waals surface area contributed by atoms with E-state index in [0.717, 1.165) is 11.1 Å². The second-order valence-electron chi connectivity index (χ2n) is 5.57. The standard InChI is InChI=1S/C14H16F2N2S/c1-14(2,3)12(17)13-18-11(7-19-13)8-4-9(15)6-10(16)5-8/h4-7,12H,17H2,1-3H3. The van der Waals surface area contributed by atoms with Gasteiger partial charge in [0.1, 0.15) is 16.6 Å². The van der Waals surface area contributed by atoms with Crippen molar-refractivity contribution in [1.82, 2.24) is 4.98 Å². The molecular weight excluding hydrogens is 266 g/mol. The van der Waals surface area contributed by atoms with Crippen LogP contribution in [0.15, 0.2) is 23.6 Å². The van der Waals surface area contributed by atoms with Crippen LogP contribution in [0.2, 0.25) is 0 Å². The molecule has 1 heterocycles. The molecular formula is C14H16F2N2S. The normalized spacial score (nSPS) is 13.6. The molecule has 0 saturated carbocycles. The highest BCUT2D eigenvalue weighted by molar-refractivity contribution is 7.10. The number of thiazole rings is 1. The van der Waals surface area contributed by atoms with Crippen molar-refractivity contribution in [2.45, 2.75) is 26.8 Å². The van der Waals surface area contributed by atoms with Gasteiger partial charge < -0.3 is 5.73 Å². The quantitative estimate of drug-likeness (QED) is 0.899. The maximum absolute atomic E-state index is 13.2. The van der Waals surface area contributed by atoms with Gasteiger partial charge in [-0.05, 0) is 17.5 Å². The molecule has 2 nitrogen and oxygen atoms in total. The summed E-state index contributed by atoms with van der Waals surface area (Å²) in [7, 11) is 0. The first kappa shape index (κ1) is 14.1. The van der Waals surface area contributed by atoms with Crippen molar-refractivity contribution in [3.63, 3.8) is 0 Å². The summed E-state index contributed by atoms with van der Waals surface area (Å²) in [6, 6.07) is 3.18. The van der Waals surface area contributed by atoms with Gasteiger partial charge in [-0.25, -0.2) is 13.8 Å². The monoisotopic (exact) mass is 282 g/mol. The molecule has 0 radical (unpaired) electrons. The zero-order valence-corrected chi connectivity index (χ0v) is 11.9. The van der Waals surface area contributed by atoms with E-state index < -0.39 is 11.6 Å². The average Bonchev–Trinajstić information content (AvgIpc) is 2.74. The Kier molecular flexibility index (Phi) is 3.69. The molecule has 1 aromatic heterocycles. The number of rotatable bonds is 2. The summed E-state index contributed by atoms with van der Waals surface area (Å²) < 4.78 is 26.4. The van der Waals surface area contributed by atoms with E-state index in [2.05, 4.69) is 4.98 Å². The molecule has 2 rings (SSSR count). The predicted octanol–water partition coefficient (Wildman–Crippen LogP) is 4.13. The van der Waals surface area contributed by atoms with Gasteiger partial charge >= 0.3 is 0 Å². The van der Waals surface area contributed by atoms with Crippen LogP contribution in [-0.2, 0) is 0 Å². The maximum Gasteiger partial charge on any atom is 0.126 e. The van der Waals surface area contributed by atoms with Gasteiger partial charge in [0, 0.05) is 17.0 Å². The molecule has 19 heavy (non-hydrogen) atoms. The van der Waals surface area contributed by atoms with Crippen LogP contribution < -0.4 is 5.73 Å². The summed E-state index contributed by atoms with van der Waals surface area (Å²) in [6.07, 6.45) is 0. The minimum absolute atomic E-state index is 0.109. The van der Waals surface area contributed by atoms with Gasteiger partial charge in [0.15, 0.2) is 0 Å². The van der Waals surface area contributed by atoms with Gasteiger partial charge in [0.25, 0.3) is 0 Å². The van der Waals surface area contributed by atoms with Crippen molar-refractivity contribution in [2.75, 3.05) is 0 Å². The number of nitrogens with two attached hydrogens (primary N) is 1. The van der Waals surface area contributed by atoms with Crippen molar-refractivity contribution < 1.29 is 8.78 Å². The summed E-state index contributed by atoms with van der Waals surface area (Å²) in [5.41, 5.74) is 7.00. The van der Waals surface area contributed by atoms with Gasteiger partial charge in [-0.15, -0.1) is 11.3 Å². The van der Waals surface area contributed by atoms with Crippen LogP contribution in [0.4, 0.5) is 8.78 Å². The Hall–Kier alpha value is -1.33. The van der Waals surface area contributed by atoms with Crippen molar-refractivity contribution in [2.24, 2.45) is 11.1 Å². The lowest BCUT2D eigenvalue weighted by atomic mass is 9.88. The predicted molar refractivity (Wildman–Crippen MR) is 73.8 cm³/mol. The zero-order valence-electron chi connectivity index (χ0n) is 11.1. The summed E-state index contributed by atoms with van der Waals surface area (Å²) in [5.74, 6) is -1.21. The third-order valence-corrected chi connectivity index (χ3v) is 3.81. The van der Waals surface area contributed by atoms with Gasteiger partial charge in [0.2, 0.25) is 0 Å². The fourth-order valence-corrected chi connectivity index (χ4v) is 2.71. The third kappa shape index (κ3) is 3.16. The minimum atomic E-state index is -0.607. The van der Waals surface area contributed by atoms with Crippen molar-refractivity contribution in [3.05, 3.63) is 40.2 Å². The second kappa shape index (κ2) is 4.98. The maximum atomic E-state index is 13.2. The lowest BCUT2D eigenvalue weighted by Crippen LogP contribution is -2.26. The molecule has 102 valence electrons. The minimum Gasteiger partial charge on any atom is -0.322 e. The molecule has 0 fully saturated rings. The highest BCUT2D eigenvalue weighted by Crippen LogP contribution is 2.34. The molecule has 0 amide bonds. The lowest BCUT2D eigenvalue weighted by molar-refractivity contribution is 0.326. The SMILES string of the molecule is CC(C)(C)C(N)c1nc(-c2cc(F)cc(F)c2)cs1. The fraction of sp³-hybridized carbons (Fsp3) is 0.357. The van der Waals surface area contributed by atoms with Crippen molar-refractivity contribution >= 4 is 11.3 Å². The molecule has 1 unspecified atom stereocenters. The van der Waals surface area contributed by atoms with E-state index >= 15 is 0 Å². The zero-order chi connectivity index (χ0) is 14.2. The van der Waals surface area contributed by atoms with Crippen LogP contribution in [0.25, 0.3) is 11.3 Å². The summed E-state index contributed by atoms with van der Waals surface area (Å²) in [6.45, 7) is 6.09. The molecule has 1 atom stereocenters. The topological polar surface area (TPSA) is 38.9 Å². The van der Waals surface area contributed by atoms with Crippen LogP contribution in [-0.4, -0.2) is 4.98 Å². The first-order valence-electron chi connectivity index (χ1n) is 5.95. The highest BCUT2D eigenvalue weighted by atomic mass is 32.1. The Morgan fingerprint density at radius 3 is 2.26 bits per heavy atom. The van der Waals surface area contributed by atoms with Crippen LogP contribution in [0.5, 0.6) is 0 Å². The van der Waals surface area contributed by atoms with E-state index in [0.29, 0.717) is 11.3 Å². The Morgan fingerprint density at radius 2 is 1.74 bits per heavy atom. The molecule has 0 saturated heterocycles. The molecule has 0 aliphatic heterocycles. The molecule has 0 spiro atoms. The van der Waals surface area contributed by atoms with E-state index in [1.54, 1.807) is 5.38 Å². The van der Waals surface area contributed by atoms with Gasteiger partial charge in [-0.3, -0.25) is 0 Å². The van der Waals surface area contributed by atoms with Crippen LogP contribution in [0, 0.1) is 17.0 Å². The lowest BCUT2D eigenvalue weighted by Gasteiger charge is -2.24. The van der Waals surface area contributed by atoms with Crippen LogP contribution >= 0.6 is 11.3 Å². The first-order valence-corrected chi connectivity index (χ1v) is 6.83. The summed E-state index contributed by atoms with van der Waals surface area (Å²) in [5, 5.41) is 2.54. The summed E-state index contributed by atoms with van der Waals surface area (Å²) in [4.78, 5) is 4.39. The number of nitrogens with zero attached hydrogens (tertiary/aromatic N) is 1. The van der Waals surface area contributed by atoms with E-state index in [1.807, 2.05) is 20.8 Å². The molecule has 0 bridgehead atoms. The number of halogens is 2. The van der Waals surface area contributed by atoms with E-state index in [-0.39, 0.29) is 11.5 Å². The molecule has 2 aromatic rings. The second-order valence-corrected chi connectivity index (χ2v) is 6.46. The number of hydrogen-bond acceptors (Lipinski definition) is 3. The largest absolute Gasteiger partial charge is 0.322 e. The van der Waals surface area contributed by atoms with Gasteiger partial charge in [-0.2, -0.15) is 0 Å². The van der Waals surface area contributed by atoms with Gasteiger partial charge in [0.05, 0.1) is 11.7 Å². The van der Waals surface area contributed by atoms with Crippen molar-refractivity contribution in [3.8, 4) is 11.3 Å². The first-order chi connectivity index (χ1) is 8.77. The van der Waals surface area contributed by atoms with Crippen LogP contribution in [0.3, 0.4) is 0 Å². The third-order valence-electron chi connectivity index (χ3n) is 2.88. The van der Waals surface area contributed by atoms with Crippen molar-refractivity contribution in [1.29, 1.82) is 0 Å². The van der Waals surface area contributed by atoms with E-state index in [4.69, 9.17) is 5.73 Å². The summed E-state index contributed by atoms with van der Waals surface area (Å²) >= 11 is 1.41. The number of benzene rings is 1. The van der Waals surface area contributed by atoms with Gasteiger partial charge in [-0.1, -0.05) is 20.8 Å². The Morgan fingerprint density at radius 1 is 1.16 bits per heavy atom. The molecule has 2 N–H and O–H groups in total. The van der Waals surface area contributed by atoms with E-state index in [9.17, 15) is 8.78 Å². The molecule has 5 heteroatoms. The number of aromatic nitrogens is 1. The molecule has 1 aromatic carbocycles. The fourth-order valence-electron chi connectivity index (χ4n) is 1.64.